The van der Waals surface area contributed by atoms with Gasteiger partial charge in [0.1, 0.15) is 5.82 Å². The van der Waals surface area contributed by atoms with Crippen LogP contribution in [0.3, 0.4) is 0 Å². The third-order valence-corrected chi connectivity index (χ3v) is 2.83. The Balaban J connectivity index is 2.39. The monoisotopic (exact) mass is 236 g/mol. The first-order valence-corrected chi connectivity index (χ1v) is 5.89. The van der Waals surface area contributed by atoms with Gasteiger partial charge in [-0.05, 0) is 31.7 Å². The number of likely N-dealkylation sites (N-methyl/N-ethyl adjacent to an activating group) is 1. The van der Waals surface area contributed by atoms with E-state index >= 15 is 0 Å². The fourth-order valence-corrected chi connectivity index (χ4v) is 1.58. The number of rotatable bonds is 7. The van der Waals surface area contributed by atoms with E-state index in [0.717, 1.165) is 25.2 Å². The Kier molecular flexibility index (Phi) is 5.87. The predicted molar refractivity (Wildman–Crippen MR) is 70.4 cm³/mol. The van der Waals surface area contributed by atoms with Crippen molar-refractivity contribution in [3.8, 4) is 0 Å². The normalized spacial score (nSPS) is 12.7. The average molecular weight is 236 g/mol. The van der Waals surface area contributed by atoms with Gasteiger partial charge in [-0.15, -0.1) is 6.58 Å². The molecular weight excluding hydrogens is 215 g/mol. The van der Waals surface area contributed by atoms with Crippen LogP contribution in [0.15, 0.2) is 36.9 Å². The number of nitrogens with zero attached hydrogens (tertiary/aromatic N) is 1. The minimum absolute atomic E-state index is 0.183. The van der Waals surface area contributed by atoms with Gasteiger partial charge < -0.3 is 5.32 Å². The number of hydrogen-bond acceptors (Lipinski definition) is 2. The molecule has 3 heteroatoms. The van der Waals surface area contributed by atoms with Crippen LogP contribution in [0.4, 0.5) is 4.39 Å². The quantitative estimate of drug-likeness (QED) is 0.578. The van der Waals surface area contributed by atoms with Crippen LogP contribution >= 0.6 is 0 Å². The van der Waals surface area contributed by atoms with Gasteiger partial charge in [0.25, 0.3) is 0 Å². The largest absolute Gasteiger partial charge is 0.312 e. The molecule has 0 aliphatic heterocycles. The summed E-state index contributed by atoms with van der Waals surface area (Å²) in [4.78, 5) is 2.24. The van der Waals surface area contributed by atoms with Crippen molar-refractivity contribution in [2.75, 3.05) is 20.1 Å². The molecule has 0 saturated carbocycles. The van der Waals surface area contributed by atoms with Crippen LogP contribution in [0.5, 0.6) is 0 Å². The molecule has 0 radical (unpaired) electrons. The molecule has 1 aromatic rings. The summed E-state index contributed by atoms with van der Waals surface area (Å²) in [5, 5.41) is 3.29. The second-order valence-corrected chi connectivity index (χ2v) is 4.34. The molecule has 2 nitrogen and oxygen atoms in total. The van der Waals surface area contributed by atoms with E-state index in [0.29, 0.717) is 6.04 Å². The van der Waals surface area contributed by atoms with Gasteiger partial charge >= 0.3 is 0 Å². The van der Waals surface area contributed by atoms with E-state index in [4.69, 9.17) is 0 Å². The van der Waals surface area contributed by atoms with Crippen molar-refractivity contribution in [3.63, 3.8) is 0 Å². The van der Waals surface area contributed by atoms with Crippen molar-refractivity contribution in [1.29, 1.82) is 0 Å². The molecular formula is C14H21FN2. The maximum absolute atomic E-state index is 12.8. The predicted octanol–water partition coefficient (Wildman–Crippen LogP) is 2.42. The fourth-order valence-electron chi connectivity index (χ4n) is 1.58. The SMILES string of the molecule is C=CCNCC(C)N(C)Cc1ccc(F)cc1. The summed E-state index contributed by atoms with van der Waals surface area (Å²) in [6.07, 6.45) is 1.85. The van der Waals surface area contributed by atoms with Crippen LogP contribution in [0, 0.1) is 5.82 Å². The fraction of sp³-hybridized carbons (Fsp3) is 0.429. The zero-order valence-corrected chi connectivity index (χ0v) is 10.6. The van der Waals surface area contributed by atoms with E-state index in [-0.39, 0.29) is 5.82 Å². The molecule has 1 aromatic carbocycles. The van der Waals surface area contributed by atoms with E-state index in [9.17, 15) is 4.39 Å². The summed E-state index contributed by atoms with van der Waals surface area (Å²) >= 11 is 0. The topological polar surface area (TPSA) is 15.3 Å². The van der Waals surface area contributed by atoms with Crippen LogP contribution in [0.1, 0.15) is 12.5 Å². The standard InChI is InChI=1S/C14H21FN2/c1-4-9-16-10-12(2)17(3)11-13-5-7-14(15)8-6-13/h4-8,12,16H,1,9-11H2,2-3H3. The first-order chi connectivity index (χ1) is 8.13. The van der Waals surface area contributed by atoms with E-state index in [1.54, 1.807) is 0 Å². The second kappa shape index (κ2) is 7.20. The molecule has 0 heterocycles. The van der Waals surface area contributed by atoms with Crippen LogP contribution in [0.2, 0.25) is 0 Å². The Bertz CT molecular complexity index is 335. The van der Waals surface area contributed by atoms with E-state index in [1.807, 2.05) is 18.2 Å². The van der Waals surface area contributed by atoms with Crippen molar-refractivity contribution in [1.82, 2.24) is 10.2 Å². The molecule has 1 atom stereocenters. The number of nitrogens with one attached hydrogen (secondary N) is 1. The Morgan fingerprint density at radius 3 is 2.65 bits per heavy atom. The van der Waals surface area contributed by atoms with Crippen molar-refractivity contribution < 1.29 is 4.39 Å². The molecule has 0 bridgehead atoms. The molecule has 0 saturated heterocycles. The van der Waals surface area contributed by atoms with Gasteiger partial charge in [-0.25, -0.2) is 4.39 Å². The third-order valence-electron chi connectivity index (χ3n) is 2.83. The minimum Gasteiger partial charge on any atom is -0.312 e. The van der Waals surface area contributed by atoms with Gasteiger partial charge in [-0.2, -0.15) is 0 Å². The van der Waals surface area contributed by atoms with Crippen LogP contribution < -0.4 is 5.32 Å². The Morgan fingerprint density at radius 2 is 2.06 bits per heavy atom. The molecule has 0 amide bonds. The van der Waals surface area contributed by atoms with Gasteiger partial charge in [0.05, 0.1) is 0 Å². The highest BCUT2D eigenvalue weighted by Gasteiger charge is 2.08. The number of hydrogen-bond donors (Lipinski definition) is 1. The molecule has 1 rings (SSSR count). The lowest BCUT2D eigenvalue weighted by Gasteiger charge is -2.24. The average Bonchev–Trinajstić information content (AvgIpc) is 2.32. The van der Waals surface area contributed by atoms with E-state index in [1.165, 1.54) is 12.1 Å². The van der Waals surface area contributed by atoms with Crippen molar-refractivity contribution in [2.45, 2.75) is 19.5 Å². The molecule has 0 fully saturated rings. The number of halogens is 1. The Hall–Kier alpha value is -1.19. The highest BCUT2D eigenvalue weighted by atomic mass is 19.1. The van der Waals surface area contributed by atoms with Crippen LogP contribution in [0.25, 0.3) is 0 Å². The third kappa shape index (κ3) is 5.11. The molecule has 0 aliphatic rings. The molecule has 1 unspecified atom stereocenters. The second-order valence-electron chi connectivity index (χ2n) is 4.34. The van der Waals surface area contributed by atoms with E-state index in [2.05, 4.69) is 30.8 Å². The lowest BCUT2D eigenvalue weighted by molar-refractivity contribution is 0.244. The highest BCUT2D eigenvalue weighted by molar-refractivity contribution is 5.15. The van der Waals surface area contributed by atoms with Gasteiger partial charge in [0.15, 0.2) is 0 Å². The summed E-state index contributed by atoms with van der Waals surface area (Å²) in [6.45, 7) is 8.41. The molecule has 0 spiro atoms. The lowest BCUT2D eigenvalue weighted by Crippen LogP contribution is -2.37. The van der Waals surface area contributed by atoms with Gasteiger partial charge in [-0.1, -0.05) is 18.2 Å². The van der Waals surface area contributed by atoms with Crippen LogP contribution in [-0.4, -0.2) is 31.1 Å². The summed E-state index contributed by atoms with van der Waals surface area (Å²) in [6, 6.07) is 7.10. The molecule has 0 aromatic heterocycles. The summed E-state index contributed by atoms with van der Waals surface area (Å²) in [7, 11) is 2.07. The molecule has 94 valence electrons. The summed E-state index contributed by atoms with van der Waals surface area (Å²) < 4.78 is 12.8. The lowest BCUT2D eigenvalue weighted by atomic mass is 10.2. The van der Waals surface area contributed by atoms with Crippen molar-refractivity contribution in [2.24, 2.45) is 0 Å². The van der Waals surface area contributed by atoms with Crippen molar-refractivity contribution in [3.05, 3.63) is 48.3 Å². The van der Waals surface area contributed by atoms with Crippen LogP contribution in [-0.2, 0) is 6.54 Å². The maximum atomic E-state index is 12.8. The zero-order valence-electron chi connectivity index (χ0n) is 10.6. The summed E-state index contributed by atoms with van der Waals surface area (Å²) in [5.41, 5.74) is 1.13. The summed E-state index contributed by atoms with van der Waals surface area (Å²) in [5.74, 6) is -0.183. The van der Waals surface area contributed by atoms with Gasteiger partial charge in [0, 0.05) is 25.7 Å². The Labute approximate surface area is 103 Å². The maximum Gasteiger partial charge on any atom is 0.123 e. The van der Waals surface area contributed by atoms with E-state index < -0.39 is 0 Å². The van der Waals surface area contributed by atoms with Crippen molar-refractivity contribution >= 4 is 0 Å². The Morgan fingerprint density at radius 1 is 1.41 bits per heavy atom. The van der Waals surface area contributed by atoms with Gasteiger partial charge in [0.2, 0.25) is 0 Å². The first-order valence-electron chi connectivity index (χ1n) is 5.89. The number of benzene rings is 1. The van der Waals surface area contributed by atoms with Gasteiger partial charge in [-0.3, -0.25) is 4.90 Å². The molecule has 17 heavy (non-hydrogen) atoms. The zero-order chi connectivity index (χ0) is 12.7. The molecule has 0 aliphatic carbocycles. The molecule has 1 N–H and O–H groups in total. The highest BCUT2D eigenvalue weighted by Crippen LogP contribution is 2.07. The minimum atomic E-state index is -0.183. The smallest absolute Gasteiger partial charge is 0.123 e. The first kappa shape index (κ1) is 13.9.